The third-order valence-electron chi connectivity index (χ3n) is 1.12. The van der Waals surface area contributed by atoms with Gasteiger partial charge in [-0.25, -0.2) is 14.4 Å². The summed E-state index contributed by atoms with van der Waals surface area (Å²) >= 11 is 1.23. The van der Waals surface area contributed by atoms with Crippen molar-refractivity contribution in [2.45, 2.75) is 6.42 Å². The van der Waals surface area contributed by atoms with Crippen LogP contribution in [-0.4, -0.2) is 15.7 Å². The van der Waals surface area contributed by atoms with Crippen LogP contribution >= 0.6 is 11.9 Å². The first-order valence-electron chi connectivity index (χ1n) is 3.11. The van der Waals surface area contributed by atoms with E-state index in [-0.39, 0.29) is 0 Å². The SMILES string of the molecule is NSCCc1ncc(F)cn1. The first-order valence-corrected chi connectivity index (χ1v) is 4.16. The van der Waals surface area contributed by atoms with E-state index in [0.29, 0.717) is 12.2 Å². The Morgan fingerprint density at radius 3 is 2.64 bits per heavy atom. The fourth-order valence-corrected chi connectivity index (χ4v) is 0.919. The van der Waals surface area contributed by atoms with Crippen molar-refractivity contribution >= 4 is 11.9 Å². The molecule has 0 saturated heterocycles. The lowest BCUT2D eigenvalue weighted by Gasteiger charge is -1.95. The van der Waals surface area contributed by atoms with Gasteiger partial charge in [-0.1, -0.05) is 11.9 Å². The molecule has 0 unspecified atom stereocenters. The van der Waals surface area contributed by atoms with E-state index < -0.39 is 5.82 Å². The van der Waals surface area contributed by atoms with Crippen LogP contribution in [0.15, 0.2) is 12.4 Å². The van der Waals surface area contributed by atoms with Crippen LogP contribution in [0.1, 0.15) is 5.82 Å². The van der Waals surface area contributed by atoms with Gasteiger partial charge in [0.1, 0.15) is 5.82 Å². The average Bonchev–Trinajstić information content (AvgIpc) is 2.04. The lowest BCUT2D eigenvalue weighted by atomic mass is 10.4. The monoisotopic (exact) mass is 173 g/mol. The maximum Gasteiger partial charge on any atom is 0.159 e. The van der Waals surface area contributed by atoms with Crippen LogP contribution in [0, 0.1) is 5.82 Å². The van der Waals surface area contributed by atoms with E-state index in [1.54, 1.807) is 0 Å². The highest BCUT2D eigenvalue weighted by molar-refractivity contribution is 7.97. The molecule has 11 heavy (non-hydrogen) atoms. The summed E-state index contributed by atoms with van der Waals surface area (Å²) in [6.45, 7) is 0. The van der Waals surface area contributed by atoms with E-state index >= 15 is 0 Å². The Bertz CT molecular complexity index is 214. The number of hydrogen-bond acceptors (Lipinski definition) is 4. The molecule has 5 heteroatoms. The standard InChI is InChI=1S/C6H8FN3S/c7-5-3-9-6(10-4-5)1-2-11-8/h3-4H,1-2,8H2. The van der Waals surface area contributed by atoms with Gasteiger partial charge < -0.3 is 0 Å². The van der Waals surface area contributed by atoms with Crippen molar-refractivity contribution in [2.75, 3.05) is 5.75 Å². The molecule has 0 aromatic carbocycles. The van der Waals surface area contributed by atoms with Crippen molar-refractivity contribution in [3.63, 3.8) is 0 Å². The number of aryl methyl sites for hydroxylation is 1. The van der Waals surface area contributed by atoms with Crippen LogP contribution in [0.2, 0.25) is 0 Å². The molecular formula is C6H8FN3S. The number of nitrogens with two attached hydrogens (primary N) is 1. The highest BCUT2D eigenvalue weighted by Gasteiger charge is 1.95. The molecule has 0 fully saturated rings. The number of halogens is 1. The zero-order valence-corrected chi connectivity index (χ0v) is 6.64. The van der Waals surface area contributed by atoms with Crippen LogP contribution in [0.4, 0.5) is 4.39 Å². The Labute approximate surface area is 68.4 Å². The molecule has 0 aliphatic heterocycles. The van der Waals surface area contributed by atoms with Crippen LogP contribution in [0.5, 0.6) is 0 Å². The Morgan fingerprint density at radius 1 is 1.45 bits per heavy atom. The summed E-state index contributed by atoms with van der Waals surface area (Å²) in [6.07, 6.45) is 2.99. The zero-order valence-electron chi connectivity index (χ0n) is 5.83. The number of hydrogen-bond donors (Lipinski definition) is 1. The van der Waals surface area contributed by atoms with Gasteiger partial charge in [-0.2, -0.15) is 0 Å². The highest BCUT2D eigenvalue weighted by Crippen LogP contribution is 1.96. The van der Waals surface area contributed by atoms with Crippen LogP contribution < -0.4 is 5.14 Å². The largest absolute Gasteiger partial charge is 0.278 e. The molecule has 1 rings (SSSR count). The van der Waals surface area contributed by atoms with E-state index in [1.165, 1.54) is 11.9 Å². The quantitative estimate of drug-likeness (QED) is 0.686. The maximum absolute atomic E-state index is 12.3. The van der Waals surface area contributed by atoms with Crippen LogP contribution in [0.25, 0.3) is 0 Å². The normalized spacial score (nSPS) is 10.0. The molecule has 0 atom stereocenters. The Hall–Kier alpha value is -0.680. The molecule has 0 aliphatic carbocycles. The van der Waals surface area contributed by atoms with E-state index in [1.807, 2.05) is 0 Å². The van der Waals surface area contributed by atoms with Crippen molar-refractivity contribution in [1.82, 2.24) is 9.97 Å². The number of nitrogens with zero attached hydrogens (tertiary/aromatic N) is 2. The van der Waals surface area contributed by atoms with Crippen LogP contribution in [0.3, 0.4) is 0 Å². The molecule has 1 heterocycles. The first kappa shape index (κ1) is 8.42. The van der Waals surface area contributed by atoms with Crippen molar-refractivity contribution in [2.24, 2.45) is 5.14 Å². The van der Waals surface area contributed by atoms with Gasteiger partial charge in [0.05, 0.1) is 12.4 Å². The third kappa shape index (κ3) is 2.81. The van der Waals surface area contributed by atoms with Crippen molar-refractivity contribution < 1.29 is 4.39 Å². The minimum atomic E-state index is -0.408. The summed E-state index contributed by atoms with van der Waals surface area (Å²) in [5.74, 6) is 0.976. The number of aromatic nitrogens is 2. The summed E-state index contributed by atoms with van der Waals surface area (Å²) in [6, 6.07) is 0. The lowest BCUT2D eigenvalue weighted by Crippen LogP contribution is -1.98. The Kier molecular flexibility index (Phi) is 3.25. The van der Waals surface area contributed by atoms with Gasteiger partial charge in [-0.15, -0.1) is 0 Å². The molecule has 0 spiro atoms. The lowest BCUT2D eigenvalue weighted by molar-refractivity contribution is 0.609. The van der Waals surface area contributed by atoms with Crippen molar-refractivity contribution in [1.29, 1.82) is 0 Å². The average molecular weight is 173 g/mol. The molecule has 1 aromatic rings. The second-order valence-corrected chi connectivity index (χ2v) is 2.68. The van der Waals surface area contributed by atoms with Gasteiger partial charge in [0.15, 0.2) is 5.82 Å². The third-order valence-corrected chi connectivity index (χ3v) is 1.56. The topological polar surface area (TPSA) is 51.8 Å². The minimum absolute atomic E-state index is 0.408. The molecule has 0 aliphatic rings. The summed E-state index contributed by atoms with van der Waals surface area (Å²) in [4.78, 5) is 7.52. The summed E-state index contributed by atoms with van der Waals surface area (Å²) < 4.78 is 12.3. The predicted molar refractivity (Wildman–Crippen MR) is 42.3 cm³/mol. The number of rotatable bonds is 3. The second kappa shape index (κ2) is 4.25. The fraction of sp³-hybridized carbons (Fsp3) is 0.333. The summed E-state index contributed by atoms with van der Waals surface area (Å²) in [5, 5.41) is 5.19. The van der Waals surface area contributed by atoms with Crippen LogP contribution in [-0.2, 0) is 6.42 Å². The van der Waals surface area contributed by atoms with E-state index in [4.69, 9.17) is 5.14 Å². The smallest absolute Gasteiger partial charge is 0.159 e. The summed E-state index contributed by atoms with van der Waals surface area (Å²) in [7, 11) is 0. The van der Waals surface area contributed by atoms with Crippen molar-refractivity contribution in [3.8, 4) is 0 Å². The maximum atomic E-state index is 12.3. The van der Waals surface area contributed by atoms with Crippen molar-refractivity contribution in [3.05, 3.63) is 24.0 Å². The molecule has 60 valence electrons. The second-order valence-electron chi connectivity index (χ2n) is 1.94. The molecule has 2 N–H and O–H groups in total. The fourth-order valence-electron chi connectivity index (χ4n) is 0.618. The Balaban J connectivity index is 2.52. The predicted octanol–water partition coefficient (Wildman–Crippen LogP) is 0.765. The van der Waals surface area contributed by atoms with Gasteiger partial charge in [-0.05, 0) is 0 Å². The molecule has 0 bridgehead atoms. The van der Waals surface area contributed by atoms with Gasteiger partial charge in [0.2, 0.25) is 0 Å². The molecule has 1 aromatic heterocycles. The van der Waals surface area contributed by atoms with Gasteiger partial charge in [0, 0.05) is 12.2 Å². The molecular weight excluding hydrogens is 165 g/mol. The zero-order chi connectivity index (χ0) is 8.10. The van der Waals surface area contributed by atoms with Gasteiger partial charge >= 0.3 is 0 Å². The highest BCUT2D eigenvalue weighted by atomic mass is 32.2. The Morgan fingerprint density at radius 2 is 2.09 bits per heavy atom. The van der Waals surface area contributed by atoms with E-state index in [0.717, 1.165) is 18.1 Å². The minimum Gasteiger partial charge on any atom is -0.278 e. The van der Waals surface area contributed by atoms with Gasteiger partial charge in [0.25, 0.3) is 0 Å². The first-order chi connectivity index (χ1) is 5.33. The molecule has 0 amide bonds. The van der Waals surface area contributed by atoms with E-state index in [9.17, 15) is 4.39 Å². The summed E-state index contributed by atoms with van der Waals surface area (Å²) in [5.41, 5.74) is 0. The van der Waals surface area contributed by atoms with Gasteiger partial charge in [-0.3, -0.25) is 5.14 Å². The molecule has 0 radical (unpaired) electrons. The van der Waals surface area contributed by atoms with E-state index in [2.05, 4.69) is 9.97 Å². The molecule has 0 saturated carbocycles. The molecule has 3 nitrogen and oxygen atoms in total.